The fraction of sp³-hybridized carbons (Fsp3) is 0.909. The maximum atomic E-state index is 11.7. The molecule has 14 heavy (non-hydrogen) atoms. The van der Waals surface area contributed by atoms with Crippen molar-refractivity contribution in [3.63, 3.8) is 0 Å². The van der Waals surface area contributed by atoms with Crippen molar-refractivity contribution in [1.82, 2.24) is 0 Å². The molecule has 0 aliphatic rings. The van der Waals surface area contributed by atoms with Crippen molar-refractivity contribution in [3.05, 3.63) is 0 Å². The van der Waals surface area contributed by atoms with Gasteiger partial charge in [-0.25, -0.2) is 0 Å². The van der Waals surface area contributed by atoms with E-state index in [0.29, 0.717) is 6.61 Å². The first-order chi connectivity index (χ1) is 6.63. The van der Waals surface area contributed by atoms with Crippen LogP contribution in [0.2, 0.25) is 0 Å². The van der Waals surface area contributed by atoms with Gasteiger partial charge in [0.05, 0.1) is 6.04 Å². The van der Waals surface area contributed by atoms with E-state index >= 15 is 0 Å². The van der Waals surface area contributed by atoms with Crippen molar-refractivity contribution in [2.75, 3.05) is 13.7 Å². The summed E-state index contributed by atoms with van der Waals surface area (Å²) in [4.78, 5) is 11.7. The van der Waals surface area contributed by atoms with E-state index in [2.05, 4.69) is 6.92 Å². The Bertz CT molecular complexity index is 159. The Morgan fingerprint density at radius 2 is 2.07 bits per heavy atom. The molecule has 84 valence electrons. The molecule has 0 aliphatic carbocycles. The highest BCUT2D eigenvalue weighted by atomic mass is 16.5. The summed E-state index contributed by atoms with van der Waals surface area (Å²) in [5.74, 6) is 0.306. The highest BCUT2D eigenvalue weighted by Gasteiger charge is 2.18. The molecule has 0 aromatic rings. The van der Waals surface area contributed by atoms with Crippen molar-refractivity contribution < 1.29 is 9.53 Å². The van der Waals surface area contributed by atoms with Crippen LogP contribution in [0.3, 0.4) is 0 Å². The van der Waals surface area contributed by atoms with Gasteiger partial charge in [0.2, 0.25) is 0 Å². The molecular weight excluding hydrogens is 178 g/mol. The molecule has 0 aliphatic heterocycles. The number of rotatable bonds is 8. The second-order valence-electron chi connectivity index (χ2n) is 3.83. The average Bonchev–Trinajstić information content (AvgIpc) is 2.17. The normalized spacial score (nSPS) is 15.1. The van der Waals surface area contributed by atoms with Gasteiger partial charge in [0, 0.05) is 19.6 Å². The fourth-order valence-electron chi connectivity index (χ4n) is 1.53. The molecule has 3 heteroatoms. The predicted octanol–water partition coefficient (Wildman–Crippen LogP) is 1.75. The van der Waals surface area contributed by atoms with Crippen LogP contribution in [0.4, 0.5) is 0 Å². The molecule has 0 heterocycles. The number of Topliss-reactive ketones (excluding diaryl/α,β-unsaturated/α-hetero) is 1. The van der Waals surface area contributed by atoms with E-state index in [-0.39, 0.29) is 17.7 Å². The lowest BCUT2D eigenvalue weighted by Crippen LogP contribution is -2.34. The van der Waals surface area contributed by atoms with Gasteiger partial charge < -0.3 is 10.5 Å². The molecule has 2 unspecified atom stereocenters. The van der Waals surface area contributed by atoms with Gasteiger partial charge in [-0.15, -0.1) is 0 Å². The molecule has 0 aromatic heterocycles. The summed E-state index contributed by atoms with van der Waals surface area (Å²) in [6, 6.07) is -0.299. The molecule has 0 fully saturated rings. The minimum Gasteiger partial charge on any atom is -0.385 e. The predicted molar refractivity (Wildman–Crippen MR) is 58.2 cm³/mol. The van der Waals surface area contributed by atoms with Crippen molar-refractivity contribution >= 4 is 5.78 Å². The van der Waals surface area contributed by atoms with Gasteiger partial charge in [-0.05, 0) is 19.3 Å². The molecule has 0 amide bonds. The quantitative estimate of drug-likeness (QED) is 0.609. The first-order valence-corrected chi connectivity index (χ1v) is 5.41. The zero-order valence-electron chi connectivity index (χ0n) is 9.58. The highest BCUT2D eigenvalue weighted by molar-refractivity contribution is 5.85. The summed E-state index contributed by atoms with van der Waals surface area (Å²) in [5.41, 5.74) is 5.78. The number of ketones is 1. The van der Waals surface area contributed by atoms with E-state index < -0.39 is 0 Å². The summed E-state index contributed by atoms with van der Waals surface area (Å²) in [5, 5.41) is 0. The van der Waals surface area contributed by atoms with Crippen LogP contribution < -0.4 is 5.73 Å². The Kier molecular flexibility index (Phi) is 7.71. The minimum absolute atomic E-state index is 0.109. The third kappa shape index (κ3) is 5.35. The molecule has 0 radical (unpaired) electrons. The van der Waals surface area contributed by atoms with Crippen LogP contribution in [0, 0.1) is 5.92 Å². The zero-order valence-corrected chi connectivity index (χ0v) is 9.58. The summed E-state index contributed by atoms with van der Waals surface area (Å²) in [6.45, 7) is 4.73. The van der Waals surface area contributed by atoms with Gasteiger partial charge in [-0.2, -0.15) is 0 Å². The summed E-state index contributed by atoms with van der Waals surface area (Å²) >= 11 is 0. The van der Waals surface area contributed by atoms with E-state index in [1.54, 1.807) is 7.11 Å². The maximum Gasteiger partial charge on any atom is 0.152 e. The van der Waals surface area contributed by atoms with Gasteiger partial charge in [-0.1, -0.05) is 20.3 Å². The molecule has 2 atom stereocenters. The van der Waals surface area contributed by atoms with E-state index in [1.165, 1.54) is 0 Å². The van der Waals surface area contributed by atoms with Gasteiger partial charge in [-0.3, -0.25) is 4.79 Å². The van der Waals surface area contributed by atoms with E-state index in [9.17, 15) is 4.79 Å². The van der Waals surface area contributed by atoms with Crippen molar-refractivity contribution in [3.8, 4) is 0 Å². The minimum atomic E-state index is -0.299. The number of ether oxygens (including phenoxy) is 1. The third-order valence-electron chi connectivity index (χ3n) is 2.44. The smallest absolute Gasteiger partial charge is 0.152 e. The van der Waals surface area contributed by atoms with Gasteiger partial charge in [0.25, 0.3) is 0 Å². The number of hydrogen-bond acceptors (Lipinski definition) is 3. The number of hydrogen-bond donors (Lipinski definition) is 1. The fourth-order valence-corrected chi connectivity index (χ4v) is 1.53. The van der Waals surface area contributed by atoms with Crippen LogP contribution in [0.5, 0.6) is 0 Å². The monoisotopic (exact) mass is 201 g/mol. The third-order valence-corrected chi connectivity index (χ3v) is 2.44. The Morgan fingerprint density at radius 3 is 2.57 bits per heavy atom. The van der Waals surface area contributed by atoms with Gasteiger partial charge >= 0.3 is 0 Å². The Labute approximate surface area is 87.0 Å². The lowest BCUT2D eigenvalue weighted by Gasteiger charge is -2.15. The Hall–Kier alpha value is -0.410. The Morgan fingerprint density at radius 1 is 1.43 bits per heavy atom. The summed E-state index contributed by atoms with van der Waals surface area (Å²) in [7, 11) is 1.66. The standard InChI is InChI=1S/C11H23NO2/c1-4-6-9(2)11(13)10(12)7-5-8-14-3/h9-10H,4-8,12H2,1-3H3. The molecule has 3 nitrogen and oxygen atoms in total. The van der Waals surface area contributed by atoms with Crippen molar-refractivity contribution in [2.45, 2.75) is 45.6 Å². The van der Waals surface area contributed by atoms with Gasteiger partial charge in [0.1, 0.15) is 0 Å². The molecule has 0 saturated heterocycles. The van der Waals surface area contributed by atoms with Crippen molar-refractivity contribution in [1.29, 1.82) is 0 Å². The van der Waals surface area contributed by atoms with Crippen LogP contribution in [0.1, 0.15) is 39.5 Å². The van der Waals surface area contributed by atoms with Crippen LogP contribution in [-0.4, -0.2) is 25.5 Å². The SMILES string of the molecule is CCCC(C)C(=O)C(N)CCCOC. The van der Waals surface area contributed by atoms with Gasteiger partial charge in [0.15, 0.2) is 5.78 Å². The van der Waals surface area contributed by atoms with Crippen LogP contribution in [-0.2, 0) is 9.53 Å². The highest BCUT2D eigenvalue weighted by Crippen LogP contribution is 2.10. The molecular formula is C11H23NO2. The second kappa shape index (κ2) is 7.94. The molecule has 0 spiro atoms. The Balaban J connectivity index is 3.74. The van der Waals surface area contributed by atoms with E-state index in [4.69, 9.17) is 10.5 Å². The van der Waals surface area contributed by atoms with Crippen molar-refractivity contribution in [2.24, 2.45) is 11.7 Å². The zero-order chi connectivity index (χ0) is 11.0. The molecule has 0 saturated carbocycles. The summed E-state index contributed by atoms with van der Waals surface area (Å²) < 4.78 is 4.91. The second-order valence-corrected chi connectivity index (χ2v) is 3.83. The average molecular weight is 201 g/mol. The lowest BCUT2D eigenvalue weighted by atomic mass is 9.94. The molecule has 0 aromatic carbocycles. The van der Waals surface area contributed by atoms with Crippen LogP contribution in [0.25, 0.3) is 0 Å². The summed E-state index contributed by atoms with van der Waals surface area (Å²) in [6.07, 6.45) is 3.58. The number of carbonyl (C=O) groups excluding carboxylic acids is 1. The lowest BCUT2D eigenvalue weighted by molar-refractivity contribution is -0.124. The van der Waals surface area contributed by atoms with E-state index in [0.717, 1.165) is 25.7 Å². The van der Waals surface area contributed by atoms with E-state index in [1.807, 2.05) is 6.92 Å². The number of methoxy groups -OCH3 is 1. The maximum absolute atomic E-state index is 11.7. The first kappa shape index (κ1) is 13.6. The first-order valence-electron chi connectivity index (χ1n) is 5.41. The molecule has 0 rings (SSSR count). The topological polar surface area (TPSA) is 52.3 Å². The number of carbonyl (C=O) groups is 1. The number of nitrogens with two attached hydrogens (primary N) is 1. The molecule has 0 bridgehead atoms. The molecule has 2 N–H and O–H groups in total. The van der Waals surface area contributed by atoms with Crippen LogP contribution >= 0.6 is 0 Å². The van der Waals surface area contributed by atoms with Crippen LogP contribution in [0.15, 0.2) is 0 Å². The largest absolute Gasteiger partial charge is 0.385 e.